The molecule has 0 saturated heterocycles. The van der Waals surface area contributed by atoms with Crippen LogP contribution < -0.4 is 5.32 Å². The third kappa shape index (κ3) is 2.25. The van der Waals surface area contributed by atoms with Gasteiger partial charge >= 0.3 is 0 Å². The van der Waals surface area contributed by atoms with Crippen molar-refractivity contribution in [2.24, 2.45) is 5.41 Å². The van der Waals surface area contributed by atoms with Crippen molar-refractivity contribution in [2.45, 2.75) is 65.3 Å². The predicted molar refractivity (Wildman–Crippen MR) is 81.5 cm³/mol. The highest BCUT2D eigenvalue weighted by atomic mass is 32.1. The second-order valence-corrected chi connectivity index (χ2v) is 7.00. The first-order valence-corrected chi connectivity index (χ1v) is 8.29. The zero-order valence-corrected chi connectivity index (χ0v) is 13.1. The molecule has 1 saturated carbocycles. The fourth-order valence-corrected chi connectivity index (χ4v) is 4.79. The molecule has 1 heterocycles. The summed E-state index contributed by atoms with van der Waals surface area (Å²) in [5.74, 6) is 0.792. The third-order valence-electron chi connectivity index (χ3n) is 4.92. The van der Waals surface area contributed by atoms with Gasteiger partial charge in [0.25, 0.3) is 0 Å². The fraction of sp³-hybridized carbons (Fsp3) is 0.750. The predicted octanol–water partition coefficient (Wildman–Crippen LogP) is 4.72. The second-order valence-electron chi connectivity index (χ2n) is 5.68. The molecule has 1 aliphatic carbocycles. The van der Waals surface area contributed by atoms with Gasteiger partial charge in [0.05, 0.1) is 0 Å². The molecule has 1 N–H and O–H groups in total. The average molecular weight is 265 g/mol. The van der Waals surface area contributed by atoms with Crippen LogP contribution in [-0.2, 0) is 0 Å². The van der Waals surface area contributed by atoms with Gasteiger partial charge in [-0.15, -0.1) is 11.3 Å². The Bertz CT molecular complexity index is 378. The third-order valence-corrected chi connectivity index (χ3v) is 6.04. The molecular weight excluding hydrogens is 238 g/mol. The van der Waals surface area contributed by atoms with Crippen LogP contribution in [-0.4, -0.2) is 12.6 Å². The molecule has 1 aliphatic rings. The molecule has 1 nitrogen and oxygen atoms in total. The zero-order valence-electron chi connectivity index (χ0n) is 12.3. The topological polar surface area (TPSA) is 12.0 Å². The summed E-state index contributed by atoms with van der Waals surface area (Å²) in [6, 6.07) is 5.38. The van der Waals surface area contributed by atoms with Gasteiger partial charge in [-0.3, -0.25) is 0 Å². The summed E-state index contributed by atoms with van der Waals surface area (Å²) >= 11 is 2.00. The van der Waals surface area contributed by atoms with Gasteiger partial charge in [0, 0.05) is 21.7 Å². The maximum absolute atomic E-state index is 3.77. The number of nitrogens with one attached hydrogen (secondary N) is 1. The molecule has 1 fully saturated rings. The number of rotatable bonds is 6. The quantitative estimate of drug-likeness (QED) is 0.785. The highest BCUT2D eigenvalue weighted by molar-refractivity contribution is 7.12. The van der Waals surface area contributed by atoms with Gasteiger partial charge in [0.1, 0.15) is 0 Å². The van der Waals surface area contributed by atoms with E-state index in [1.807, 2.05) is 11.3 Å². The van der Waals surface area contributed by atoms with Crippen LogP contribution in [0.25, 0.3) is 0 Å². The number of hydrogen-bond acceptors (Lipinski definition) is 2. The van der Waals surface area contributed by atoms with Crippen LogP contribution in [0, 0.1) is 12.3 Å². The summed E-state index contributed by atoms with van der Waals surface area (Å²) in [4.78, 5) is 3.07. The van der Waals surface area contributed by atoms with Crippen LogP contribution in [0.5, 0.6) is 0 Å². The summed E-state index contributed by atoms with van der Waals surface area (Å²) in [5.41, 5.74) is 0.506. The maximum atomic E-state index is 3.77. The highest BCUT2D eigenvalue weighted by Gasteiger charge is 2.52. The molecule has 18 heavy (non-hydrogen) atoms. The minimum absolute atomic E-state index is 0.506. The molecule has 2 rings (SSSR count). The Balaban J connectivity index is 2.13. The lowest BCUT2D eigenvalue weighted by atomic mass is 9.53. The first-order chi connectivity index (χ1) is 8.67. The summed E-state index contributed by atoms with van der Waals surface area (Å²) in [6.07, 6.45) is 5.17. The number of thiophene rings is 1. The van der Waals surface area contributed by atoms with Crippen LogP contribution in [0.15, 0.2) is 12.1 Å². The minimum Gasteiger partial charge on any atom is -0.313 e. The van der Waals surface area contributed by atoms with E-state index in [4.69, 9.17) is 0 Å². The molecule has 102 valence electrons. The molecule has 2 unspecified atom stereocenters. The molecule has 1 aromatic rings. The summed E-state index contributed by atoms with van der Waals surface area (Å²) < 4.78 is 0. The van der Waals surface area contributed by atoms with Gasteiger partial charge in [0.15, 0.2) is 0 Å². The van der Waals surface area contributed by atoms with Gasteiger partial charge < -0.3 is 5.32 Å². The molecule has 1 aromatic heterocycles. The number of hydrogen-bond donors (Lipinski definition) is 1. The molecular formula is C16H27NS. The molecule has 0 radical (unpaired) electrons. The minimum atomic E-state index is 0.506. The van der Waals surface area contributed by atoms with Crippen LogP contribution in [0.3, 0.4) is 0 Å². The lowest BCUT2D eigenvalue weighted by Crippen LogP contribution is -2.58. The Morgan fingerprint density at radius 2 is 2.00 bits per heavy atom. The largest absolute Gasteiger partial charge is 0.313 e. The highest BCUT2D eigenvalue weighted by Crippen LogP contribution is 2.58. The van der Waals surface area contributed by atoms with Gasteiger partial charge in [-0.1, -0.05) is 20.8 Å². The smallest absolute Gasteiger partial charge is 0.0136 e. The van der Waals surface area contributed by atoms with Crippen molar-refractivity contribution in [3.63, 3.8) is 0 Å². The Morgan fingerprint density at radius 1 is 1.28 bits per heavy atom. The van der Waals surface area contributed by atoms with E-state index in [2.05, 4.69) is 45.1 Å². The van der Waals surface area contributed by atoms with E-state index in [1.165, 1.54) is 37.1 Å². The normalized spacial score (nSPS) is 26.0. The van der Waals surface area contributed by atoms with Crippen molar-refractivity contribution in [3.05, 3.63) is 21.9 Å². The summed E-state index contributed by atoms with van der Waals surface area (Å²) in [5, 5.41) is 3.77. The summed E-state index contributed by atoms with van der Waals surface area (Å²) in [6.45, 7) is 10.4. The van der Waals surface area contributed by atoms with Gasteiger partial charge in [-0.25, -0.2) is 0 Å². The Morgan fingerprint density at radius 3 is 2.50 bits per heavy atom. The van der Waals surface area contributed by atoms with E-state index in [9.17, 15) is 0 Å². The molecule has 2 atom stereocenters. The fourth-order valence-electron chi connectivity index (χ4n) is 3.67. The van der Waals surface area contributed by atoms with Gasteiger partial charge in [-0.05, 0) is 56.7 Å². The van der Waals surface area contributed by atoms with Gasteiger partial charge in [-0.2, -0.15) is 0 Å². The van der Waals surface area contributed by atoms with E-state index >= 15 is 0 Å². The number of aryl methyl sites for hydroxylation is 1. The van der Waals surface area contributed by atoms with Gasteiger partial charge in [0.2, 0.25) is 0 Å². The van der Waals surface area contributed by atoms with Crippen molar-refractivity contribution in [1.82, 2.24) is 5.32 Å². The molecule has 0 spiro atoms. The Labute approximate surface area is 116 Å². The maximum Gasteiger partial charge on any atom is 0.0136 e. The van der Waals surface area contributed by atoms with E-state index in [1.54, 1.807) is 4.88 Å². The first-order valence-electron chi connectivity index (χ1n) is 7.47. The molecule has 2 heteroatoms. The van der Waals surface area contributed by atoms with Crippen molar-refractivity contribution in [1.29, 1.82) is 0 Å². The molecule has 0 aliphatic heterocycles. The lowest BCUT2D eigenvalue weighted by Gasteiger charge is -2.56. The van der Waals surface area contributed by atoms with E-state index in [-0.39, 0.29) is 0 Å². The van der Waals surface area contributed by atoms with Crippen LogP contribution in [0.2, 0.25) is 0 Å². The van der Waals surface area contributed by atoms with Crippen LogP contribution >= 0.6 is 11.3 Å². The van der Waals surface area contributed by atoms with E-state index in [0.717, 1.165) is 12.0 Å². The van der Waals surface area contributed by atoms with Crippen LogP contribution in [0.4, 0.5) is 0 Å². The van der Waals surface area contributed by atoms with E-state index in [0.29, 0.717) is 5.41 Å². The second kappa shape index (κ2) is 5.75. The van der Waals surface area contributed by atoms with Crippen molar-refractivity contribution < 1.29 is 0 Å². The van der Waals surface area contributed by atoms with Crippen molar-refractivity contribution in [3.8, 4) is 0 Å². The SMILES string of the molecule is CCCNC1CC(c2ccc(C)s2)C1(CC)CC. The first kappa shape index (κ1) is 14.1. The zero-order chi connectivity index (χ0) is 13.2. The monoisotopic (exact) mass is 265 g/mol. The van der Waals surface area contributed by atoms with Crippen LogP contribution in [0.1, 0.15) is 62.1 Å². The van der Waals surface area contributed by atoms with Crippen molar-refractivity contribution >= 4 is 11.3 Å². The lowest BCUT2D eigenvalue weighted by molar-refractivity contribution is 0.0220. The van der Waals surface area contributed by atoms with E-state index < -0.39 is 0 Å². The van der Waals surface area contributed by atoms with Crippen molar-refractivity contribution in [2.75, 3.05) is 6.54 Å². The molecule has 0 amide bonds. The standard InChI is InChI=1S/C16H27NS/c1-5-10-17-15-11-13(16(15,6-2)7-3)14-9-8-12(4)18-14/h8-9,13,15,17H,5-7,10-11H2,1-4H3. The molecule has 0 aromatic carbocycles. The average Bonchev–Trinajstić information content (AvgIpc) is 2.76. The Hall–Kier alpha value is -0.340. The Kier molecular flexibility index (Phi) is 4.50. The summed E-state index contributed by atoms with van der Waals surface area (Å²) in [7, 11) is 0. The molecule has 0 bridgehead atoms.